The summed E-state index contributed by atoms with van der Waals surface area (Å²) in [6.45, 7) is 0. The minimum absolute atomic E-state index is 0.575. The molecule has 0 unspecified atom stereocenters. The maximum absolute atomic E-state index is 7.97. The zero-order valence-electron chi connectivity index (χ0n) is 25.7. The Morgan fingerprint density at radius 2 is 0.979 bits per heavy atom. The van der Waals surface area contributed by atoms with Crippen LogP contribution in [0.25, 0.3) is 53.6 Å². The van der Waals surface area contributed by atoms with Gasteiger partial charge >= 0.3 is 0 Å². The van der Waals surface area contributed by atoms with Crippen LogP contribution in [0.5, 0.6) is 0 Å². The fourth-order valence-corrected chi connectivity index (χ4v) is 7.10. The van der Waals surface area contributed by atoms with Gasteiger partial charge in [0.2, 0.25) is 0 Å². The smallest absolute Gasteiger partial charge is 0.0684 e. The molecule has 0 aliphatic rings. The number of benzene rings is 7. The standard InChI is InChI=1S/C31H21NS.C13H11N/c32-20-25-12-7-13-30-31(25)28-19-24(15-17-29(28)33-30)23-14-16-26(21-8-3-1-4-9-21)27(18-23)22-10-5-2-6-11-22;14-13(11-7-3-1-4-8-11)12-9-5-2-6-10-12/h1-20,32H;1-10,14H. The highest BCUT2D eigenvalue weighted by molar-refractivity contribution is 7.25. The third kappa shape index (κ3) is 6.30. The molecule has 3 heteroatoms. The molecule has 0 aliphatic carbocycles. The highest BCUT2D eigenvalue weighted by atomic mass is 32.1. The minimum Gasteiger partial charge on any atom is -0.308 e. The fraction of sp³-hybridized carbons (Fsp3) is 0. The third-order valence-corrected chi connectivity index (χ3v) is 9.47. The van der Waals surface area contributed by atoms with Gasteiger partial charge in [-0.2, -0.15) is 0 Å². The van der Waals surface area contributed by atoms with Gasteiger partial charge in [0.15, 0.2) is 0 Å². The summed E-state index contributed by atoms with van der Waals surface area (Å²) < 4.78 is 2.49. The largest absolute Gasteiger partial charge is 0.308 e. The summed E-state index contributed by atoms with van der Waals surface area (Å²) in [5.41, 5.74) is 10.8. The number of thiophene rings is 1. The Bertz CT molecular complexity index is 2270. The first-order valence-electron chi connectivity index (χ1n) is 15.6. The Morgan fingerprint density at radius 3 is 1.57 bits per heavy atom. The topological polar surface area (TPSA) is 47.7 Å². The van der Waals surface area contributed by atoms with Gasteiger partial charge in [0.1, 0.15) is 0 Å². The molecule has 224 valence electrons. The van der Waals surface area contributed by atoms with E-state index in [1.807, 2.05) is 72.8 Å². The second kappa shape index (κ2) is 13.6. The summed E-state index contributed by atoms with van der Waals surface area (Å²) in [6.07, 6.45) is 1.46. The molecule has 0 atom stereocenters. The lowest BCUT2D eigenvalue weighted by Crippen LogP contribution is -1.99. The summed E-state index contributed by atoms with van der Waals surface area (Å²) in [4.78, 5) is 0. The van der Waals surface area contributed by atoms with E-state index in [2.05, 4.69) is 103 Å². The monoisotopic (exact) mass is 620 g/mol. The van der Waals surface area contributed by atoms with Crippen molar-refractivity contribution >= 4 is 43.4 Å². The molecule has 0 spiro atoms. The second-order valence-corrected chi connectivity index (χ2v) is 12.4. The summed E-state index contributed by atoms with van der Waals surface area (Å²) in [5, 5.41) is 18.2. The van der Waals surface area contributed by atoms with Crippen LogP contribution < -0.4 is 0 Å². The lowest BCUT2D eigenvalue weighted by Gasteiger charge is -2.13. The van der Waals surface area contributed by atoms with Crippen molar-refractivity contribution in [3.63, 3.8) is 0 Å². The summed E-state index contributed by atoms with van der Waals surface area (Å²) in [5.74, 6) is 0. The Balaban J connectivity index is 0.000000210. The van der Waals surface area contributed by atoms with Gasteiger partial charge in [0.25, 0.3) is 0 Å². The molecule has 2 nitrogen and oxygen atoms in total. The van der Waals surface area contributed by atoms with E-state index in [1.165, 1.54) is 59.8 Å². The van der Waals surface area contributed by atoms with E-state index in [9.17, 15) is 0 Å². The molecule has 0 bridgehead atoms. The van der Waals surface area contributed by atoms with Gasteiger partial charge in [-0.1, -0.05) is 152 Å². The van der Waals surface area contributed by atoms with Crippen molar-refractivity contribution in [1.29, 1.82) is 10.8 Å². The van der Waals surface area contributed by atoms with Crippen molar-refractivity contribution in [3.8, 4) is 33.4 Å². The Kier molecular flexibility index (Phi) is 8.63. The average Bonchev–Trinajstić information content (AvgIpc) is 3.54. The van der Waals surface area contributed by atoms with Crippen LogP contribution >= 0.6 is 11.3 Å². The second-order valence-electron chi connectivity index (χ2n) is 11.3. The fourth-order valence-electron chi connectivity index (χ4n) is 5.98. The molecule has 8 aromatic rings. The molecule has 2 N–H and O–H groups in total. The lowest BCUT2D eigenvalue weighted by molar-refractivity contribution is 1.46. The number of fused-ring (bicyclic) bond motifs is 3. The maximum Gasteiger partial charge on any atom is 0.0684 e. The molecule has 1 heterocycles. The first-order chi connectivity index (χ1) is 23.2. The van der Waals surface area contributed by atoms with Crippen molar-refractivity contribution in [3.05, 3.63) is 193 Å². The van der Waals surface area contributed by atoms with E-state index in [-0.39, 0.29) is 0 Å². The molecule has 7 aromatic carbocycles. The van der Waals surface area contributed by atoms with Gasteiger partial charge < -0.3 is 5.41 Å². The van der Waals surface area contributed by atoms with Crippen LogP contribution in [0.15, 0.2) is 176 Å². The third-order valence-electron chi connectivity index (χ3n) is 8.33. The maximum atomic E-state index is 7.97. The molecule has 0 saturated carbocycles. The molecule has 0 fully saturated rings. The van der Waals surface area contributed by atoms with Crippen molar-refractivity contribution in [2.45, 2.75) is 0 Å². The summed E-state index contributed by atoms with van der Waals surface area (Å²) in [7, 11) is 0. The molecule has 47 heavy (non-hydrogen) atoms. The van der Waals surface area contributed by atoms with E-state index in [4.69, 9.17) is 10.8 Å². The van der Waals surface area contributed by atoms with E-state index >= 15 is 0 Å². The van der Waals surface area contributed by atoms with Crippen LogP contribution in [-0.4, -0.2) is 11.9 Å². The van der Waals surface area contributed by atoms with Gasteiger partial charge in [-0.25, -0.2) is 0 Å². The average molecular weight is 621 g/mol. The molecule has 0 saturated heterocycles. The normalized spacial score (nSPS) is 10.7. The van der Waals surface area contributed by atoms with Crippen LogP contribution in [-0.2, 0) is 0 Å². The molecular formula is C44H32N2S. The number of hydrogen-bond donors (Lipinski definition) is 2. The molecule has 0 aliphatic heterocycles. The SMILES string of the molecule is N=C(c1ccccc1)c1ccccc1.N=Cc1cccc2sc3ccc(-c4ccc(-c5ccccc5)c(-c5ccccc5)c4)cc3c12. The van der Waals surface area contributed by atoms with E-state index in [1.54, 1.807) is 11.3 Å². The van der Waals surface area contributed by atoms with Crippen molar-refractivity contribution in [2.75, 3.05) is 0 Å². The van der Waals surface area contributed by atoms with Crippen LogP contribution in [0.2, 0.25) is 0 Å². The number of nitrogens with one attached hydrogen (secondary N) is 2. The summed E-state index contributed by atoms with van der Waals surface area (Å²) >= 11 is 1.79. The molecular weight excluding hydrogens is 589 g/mol. The van der Waals surface area contributed by atoms with Gasteiger partial charge in [0, 0.05) is 32.0 Å². The van der Waals surface area contributed by atoms with Gasteiger partial charge in [0.05, 0.1) is 5.71 Å². The zero-order valence-corrected chi connectivity index (χ0v) is 26.5. The van der Waals surface area contributed by atoms with Crippen molar-refractivity contribution < 1.29 is 0 Å². The predicted octanol–water partition coefficient (Wildman–Crippen LogP) is 12.2. The minimum atomic E-state index is 0.575. The Labute approximate surface area is 279 Å². The van der Waals surface area contributed by atoms with E-state index < -0.39 is 0 Å². The molecule has 8 rings (SSSR count). The Hall–Kier alpha value is -5.90. The Morgan fingerprint density at radius 1 is 0.447 bits per heavy atom. The molecule has 0 amide bonds. The summed E-state index contributed by atoms with van der Waals surface area (Å²) in [6, 6.07) is 60.4. The van der Waals surface area contributed by atoms with Crippen molar-refractivity contribution in [1.82, 2.24) is 0 Å². The van der Waals surface area contributed by atoms with Crippen LogP contribution in [0, 0.1) is 10.8 Å². The van der Waals surface area contributed by atoms with Gasteiger partial charge in [-0.15, -0.1) is 11.3 Å². The molecule has 1 aromatic heterocycles. The van der Waals surface area contributed by atoms with Crippen molar-refractivity contribution in [2.24, 2.45) is 0 Å². The van der Waals surface area contributed by atoms with Crippen LogP contribution in [0.4, 0.5) is 0 Å². The van der Waals surface area contributed by atoms with Gasteiger partial charge in [-0.05, 0) is 68.8 Å². The molecule has 0 radical (unpaired) electrons. The van der Waals surface area contributed by atoms with Gasteiger partial charge in [-0.3, -0.25) is 5.41 Å². The number of hydrogen-bond acceptors (Lipinski definition) is 3. The van der Waals surface area contributed by atoms with Crippen LogP contribution in [0.3, 0.4) is 0 Å². The number of rotatable bonds is 6. The van der Waals surface area contributed by atoms with E-state index in [0.717, 1.165) is 16.7 Å². The van der Waals surface area contributed by atoms with E-state index in [0.29, 0.717) is 5.71 Å². The first kappa shape index (κ1) is 29.8. The first-order valence-corrected chi connectivity index (χ1v) is 16.4. The highest BCUT2D eigenvalue weighted by Gasteiger charge is 2.13. The highest BCUT2D eigenvalue weighted by Crippen LogP contribution is 2.40. The van der Waals surface area contributed by atoms with Crippen LogP contribution in [0.1, 0.15) is 16.7 Å². The quantitative estimate of drug-likeness (QED) is 0.174. The zero-order chi connectivity index (χ0) is 32.0. The lowest BCUT2D eigenvalue weighted by atomic mass is 9.91. The predicted molar refractivity (Wildman–Crippen MR) is 202 cm³/mol.